The third kappa shape index (κ3) is 2.41. The van der Waals surface area contributed by atoms with Crippen molar-refractivity contribution < 1.29 is 0 Å². The molecule has 0 fully saturated rings. The molecule has 0 spiro atoms. The van der Waals surface area contributed by atoms with Gasteiger partial charge in [0.05, 0.1) is 28.6 Å². The van der Waals surface area contributed by atoms with E-state index in [4.69, 9.17) is 17.3 Å². The fourth-order valence-corrected chi connectivity index (χ4v) is 1.47. The molecular weight excluding hydrogens is 224 g/mol. The molecule has 0 atom stereocenters. The number of nitrogens with zero attached hydrogens (tertiary/aromatic N) is 2. The first-order valence-corrected chi connectivity index (χ1v) is 5.18. The van der Waals surface area contributed by atoms with E-state index in [-0.39, 0.29) is 0 Å². The smallest absolute Gasteiger partial charge is 0.115 e. The van der Waals surface area contributed by atoms with Crippen LogP contribution in [0, 0.1) is 0 Å². The average Bonchev–Trinajstić information content (AvgIpc) is 2.32. The van der Waals surface area contributed by atoms with E-state index in [1.807, 2.05) is 18.2 Å². The molecule has 0 radical (unpaired) electrons. The summed E-state index contributed by atoms with van der Waals surface area (Å²) in [4.78, 5) is 7.95. The van der Waals surface area contributed by atoms with Crippen LogP contribution < -0.4 is 11.1 Å². The number of rotatable bonds is 3. The minimum Gasteiger partial charge on any atom is -0.396 e. The second-order valence-electron chi connectivity index (χ2n) is 3.26. The lowest BCUT2D eigenvalue weighted by Gasteiger charge is -2.09. The fourth-order valence-electron chi connectivity index (χ4n) is 1.30. The largest absolute Gasteiger partial charge is 0.396 e. The Morgan fingerprint density at radius 1 is 1.31 bits per heavy atom. The number of aromatic nitrogens is 2. The summed E-state index contributed by atoms with van der Waals surface area (Å²) in [5, 5.41) is 3.72. The summed E-state index contributed by atoms with van der Waals surface area (Å²) in [6.07, 6.45) is 3.21. The van der Waals surface area contributed by atoms with Crippen molar-refractivity contribution in [2.24, 2.45) is 0 Å². The van der Waals surface area contributed by atoms with Gasteiger partial charge in [-0.3, -0.25) is 0 Å². The molecule has 0 unspecified atom stereocenters. The zero-order valence-corrected chi connectivity index (χ0v) is 9.28. The molecule has 0 bridgehead atoms. The van der Waals surface area contributed by atoms with Crippen molar-refractivity contribution in [2.45, 2.75) is 6.54 Å². The van der Waals surface area contributed by atoms with Crippen LogP contribution in [0.2, 0.25) is 5.02 Å². The Labute approximate surface area is 98.5 Å². The van der Waals surface area contributed by atoms with Gasteiger partial charge >= 0.3 is 0 Å². The van der Waals surface area contributed by atoms with Crippen LogP contribution in [0.1, 0.15) is 5.69 Å². The van der Waals surface area contributed by atoms with E-state index in [0.29, 0.717) is 17.3 Å². The molecule has 2 aromatic rings. The summed E-state index contributed by atoms with van der Waals surface area (Å²) in [5.74, 6) is 0. The first-order valence-electron chi connectivity index (χ1n) is 4.80. The van der Waals surface area contributed by atoms with Crippen molar-refractivity contribution in [1.82, 2.24) is 9.97 Å². The van der Waals surface area contributed by atoms with Gasteiger partial charge < -0.3 is 11.1 Å². The van der Waals surface area contributed by atoms with E-state index >= 15 is 0 Å². The lowest BCUT2D eigenvalue weighted by molar-refractivity contribution is 1.01. The predicted molar refractivity (Wildman–Crippen MR) is 65.2 cm³/mol. The third-order valence-electron chi connectivity index (χ3n) is 2.16. The first-order chi connectivity index (χ1) is 7.77. The third-order valence-corrected chi connectivity index (χ3v) is 2.49. The Morgan fingerprint density at radius 2 is 2.19 bits per heavy atom. The standard InChI is InChI=1S/C11H11ClN4/c12-9-2-1-3-10(11(9)13)15-6-8-4-5-14-7-16-8/h1-5,7,15H,6,13H2. The first kappa shape index (κ1) is 10.7. The highest BCUT2D eigenvalue weighted by Crippen LogP contribution is 2.26. The van der Waals surface area contributed by atoms with Gasteiger partial charge in [0.1, 0.15) is 6.33 Å². The summed E-state index contributed by atoms with van der Waals surface area (Å²) in [7, 11) is 0. The van der Waals surface area contributed by atoms with Gasteiger partial charge in [0.2, 0.25) is 0 Å². The molecule has 0 aliphatic carbocycles. The molecule has 0 saturated carbocycles. The molecule has 0 aliphatic rings. The molecule has 0 aliphatic heterocycles. The maximum absolute atomic E-state index is 5.90. The highest BCUT2D eigenvalue weighted by atomic mass is 35.5. The minimum absolute atomic E-state index is 0.549. The number of nitrogens with one attached hydrogen (secondary N) is 1. The summed E-state index contributed by atoms with van der Waals surface area (Å²) >= 11 is 5.90. The van der Waals surface area contributed by atoms with Crippen molar-refractivity contribution in [3.8, 4) is 0 Å². The lowest BCUT2D eigenvalue weighted by atomic mass is 10.2. The number of benzene rings is 1. The van der Waals surface area contributed by atoms with Crippen LogP contribution >= 0.6 is 11.6 Å². The summed E-state index contributed by atoms with van der Waals surface area (Å²) in [6.45, 7) is 0.590. The number of hydrogen-bond donors (Lipinski definition) is 2. The monoisotopic (exact) mass is 234 g/mol. The Bertz CT molecular complexity index is 473. The maximum atomic E-state index is 5.90. The van der Waals surface area contributed by atoms with E-state index in [1.54, 1.807) is 12.3 Å². The van der Waals surface area contributed by atoms with Crippen molar-refractivity contribution in [1.29, 1.82) is 0 Å². The van der Waals surface area contributed by atoms with Crippen molar-refractivity contribution >= 4 is 23.0 Å². The normalized spacial score (nSPS) is 10.1. The van der Waals surface area contributed by atoms with Crippen LogP contribution in [-0.2, 0) is 6.54 Å². The molecular formula is C11H11ClN4. The van der Waals surface area contributed by atoms with Crippen LogP contribution in [0.4, 0.5) is 11.4 Å². The van der Waals surface area contributed by atoms with Crippen LogP contribution in [0.15, 0.2) is 36.8 Å². The number of nitrogens with two attached hydrogens (primary N) is 1. The number of anilines is 2. The summed E-state index contributed by atoms with van der Waals surface area (Å²) < 4.78 is 0. The van der Waals surface area contributed by atoms with Crippen LogP contribution in [0.3, 0.4) is 0 Å². The van der Waals surface area contributed by atoms with Gasteiger partial charge in [-0.1, -0.05) is 17.7 Å². The van der Waals surface area contributed by atoms with E-state index in [2.05, 4.69) is 15.3 Å². The SMILES string of the molecule is Nc1c(Cl)cccc1NCc1ccncn1. The molecule has 1 aromatic carbocycles. The molecule has 82 valence electrons. The van der Waals surface area contributed by atoms with Gasteiger partial charge in [-0.15, -0.1) is 0 Å². The number of halogens is 1. The fraction of sp³-hybridized carbons (Fsp3) is 0.0909. The lowest BCUT2D eigenvalue weighted by Crippen LogP contribution is -2.04. The maximum Gasteiger partial charge on any atom is 0.115 e. The number of hydrogen-bond acceptors (Lipinski definition) is 4. The molecule has 1 aromatic heterocycles. The minimum atomic E-state index is 0.549. The van der Waals surface area contributed by atoms with Gasteiger partial charge in [0.25, 0.3) is 0 Å². The Balaban J connectivity index is 2.08. The molecule has 1 heterocycles. The van der Waals surface area contributed by atoms with Gasteiger partial charge in [0, 0.05) is 6.20 Å². The average molecular weight is 235 g/mol. The van der Waals surface area contributed by atoms with Crippen molar-refractivity contribution in [3.63, 3.8) is 0 Å². The zero-order valence-electron chi connectivity index (χ0n) is 8.52. The molecule has 0 amide bonds. The van der Waals surface area contributed by atoms with Gasteiger partial charge in [-0.2, -0.15) is 0 Å². The molecule has 4 nitrogen and oxygen atoms in total. The highest BCUT2D eigenvalue weighted by Gasteiger charge is 2.02. The molecule has 3 N–H and O–H groups in total. The Morgan fingerprint density at radius 3 is 2.94 bits per heavy atom. The summed E-state index contributed by atoms with van der Waals surface area (Å²) in [6, 6.07) is 7.32. The summed E-state index contributed by atoms with van der Waals surface area (Å²) in [5.41, 5.74) is 8.08. The van der Waals surface area contributed by atoms with Crippen molar-refractivity contribution in [2.75, 3.05) is 11.1 Å². The van der Waals surface area contributed by atoms with Crippen LogP contribution in [-0.4, -0.2) is 9.97 Å². The van der Waals surface area contributed by atoms with E-state index in [0.717, 1.165) is 11.4 Å². The number of para-hydroxylation sites is 1. The second-order valence-corrected chi connectivity index (χ2v) is 3.66. The Hall–Kier alpha value is -1.81. The van der Waals surface area contributed by atoms with E-state index < -0.39 is 0 Å². The second kappa shape index (κ2) is 4.81. The van der Waals surface area contributed by atoms with Crippen molar-refractivity contribution in [3.05, 3.63) is 47.5 Å². The number of nitrogen functional groups attached to an aromatic ring is 1. The highest BCUT2D eigenvalue weighted by molar-refractivity contribution is 6.33. The molecule has 0 saturated heterocycles. The molecule has 16 heavy (non-hydrogen) atoms. The van der Waals surface area contributed by atoms with E-state index in [1.165, 1.54) is 6.33 Å². The van der Waals surface area contributed by atoms with Gasteiger partial charge in [-0.25, -0.2) is 9.97 Å². The Kier molecular flexibility index (Phi) is 3.22. The predicted octanol–water partition coefficient (Wildman–Crippen LogP) is 2.32. The topological polar surface area (TPSA) is 63.8 Å². The van der Waals surface area contributed by atoms with Gasteiger partial charge in [0.15, 0.2) is 0 Å². The molecule has 2 rings (SSSR count). The van der Waals surface area contributed by atoms with Gasteiger partial charge in [-0.05, 0) is 18.2 Å². The van der Waals surface area contributed by atoms with E-state index in [9.17, 15) is 0 Å². The molecule has 5 heteroatoms. The van der Waals surface area contributed by atoms with Crippen LogP contribution in [0.5, 0.6) is 0 Å². The van der Waals surface area contributed by atoms with Crippen LogP contribution in [0.25, 0.3) is 0 Å². The quantitative estimate of drug-likeness (QED) is 0.800. The zero-order chi connectivity index (χ0) is 11.4.